The summed E-state index contributed by atoms with van der Waals surface area (Å²) in [6.07, 6.45) is 1.77. The fourth-order valence-electron chi connectivity index (χ4n) is 2.54. The third-order valence-electron chi connectivity index (χ3n) is 3.91. The first-order valence-electron chi connectivity index (χ1n) is 7.40. The smallest absolute Gasteiger partial charge is 0.293 e. The molecule has 1 fully saturated rings. The van der Waals surface area contributed by atoms with E-state index in [-0.39, 0.29) is 24.5 Å². The molecule has 2 amide bonds. The molecule has 8 heteroatoms. The molecular weight excluding hydrogens is 382 g/mol. The summed E-state index contributed by atoms with van der Waals surface area (Å²) in [5.74, 6) is 0.823. The van der Waals surface area contributed by atoms with E-state index in [1.165, 1.54) is 16.2 Å². The SMILES string of the molecule is Cc1ccsc1C=C1SC(=O)N(Cc2cc3c(cc2Cl)OCO3)C1=O. The second-order valence-corrected chi connectivity index (χ2v) is 7.88. The summed E-state index contributed by atoms with van der Waals surface area (Å²) in [6.45, 7) is 2.21. The topological polar surface area (TPSA) is 55.8 Å². The lowest BCUT2D eigenvalue weighted by molar-refractivity contribution is -0.123. The molecule has 2 aromatic rings. The van der Waals surface area contributed by atoms with E-state index < -0.39 is 0 Å². The normalized spacial score (nSPS) is 17.8. The van der Waals surface area contributed by atoms with Gasteiger partial charge in [0.05, 0.1) is 11.4 Å². The first kappa shape index (κ1) is 16.5. The van der Waals surface area contributed by atoms with Crippen molar-refractivity contribution < 1.29 is 19.1 Å². The Hall–Kier alpha value is -1.96. The molecule has 1 saturated heterocycles. The van der Waals surface area contributed by atoms with Crippen molar-refractivity contribution in [2.24, 2.45) is 0 Å². The minimum atomic E-state index is -0.309. The van der Waals surface area contributed by atoms with Gasteiger partial charge < -0.3 is 9.47 Å². The zero-order valence-corrected chi connectivity index (χ0v) is 15.5. The van der Waals surface area contributed by atoms with Gasteiger partial charge in [0.1, 0.15) is 0 Å². The van der Waals surface area contributed by atoms with E-state index in [9.17, 15) is 9.59 Å². The van der Waals surface area contributed by atoms with Crippen molar-refractivity contribution in [3.63, 3.8) is 0 Å². The number of ether oxygens (including phenoxy) is 2. The van der Waals surface area contributed by atoms with Crippen LogP contribution in [0.2, 0.25) is 5.02 Å². The molecule has 2 aliphatic rings. The standard InChI is InChI=1S/C17H12ClNO4S2/c1-9-2-3-24-14(9)6-15-16(20)19(17(21)25-15)7-10-4-12-13(5-11(10)18)23-8-22-12/h2-6H,7-8H2,1H3. The first-order valence-corrected chi connectivity index (χ1v) is 9.48. The minimum absolute atomic E-state index is 0.0981. The molecule has 0 atom stereocenters. The van der Waals surface area contributed by atoms with Crippen LogP contribution in [0.3, 0.4) is 0 Å². The zero-order valence-electron chi connectivity index (χ0n) is 13.1. The Morgan fingerprint density at radius 3 is 2.76 bits per heavy atom. The maximum Gasteiger partial charge on any atom is 0.293 e. The zero-order chi connectivity index (χ0) is 17.6. The highest BCUT2D eigenvalue weighted by Gasteiger charge is 2.35. The van der Waals surface area contributed by atoms with Crippen molar-refractivity contribution in [2.75, 3.05) is 6.79 Å². The Morgan fingerprint density at radius 2 is 2.04 bits per heavy atom. The van der Waals surface area contributed by atoms with Crippen LogP contribution in [0.1, 0.15) is 16.0 Å². The third-order valence-corrected chi connectivity index (χ3v) is 6.13. The van der Waals surface area contributed by atoms with Crippen molar-refractivity contribution in [1.82, 2.24) is 4.90 Å². The van der Waals surface area contributed by atoms with Gasteiger partial charge in [0.25, 0.3) is 11.1 Å². The molecule has 128 valence electrons. The van der Waals surface area contributed by atoms with Crippen LogP contribution in [0.25, 0.3) is 6.08 Å². The maximum absolute atomic E-state index is 12.6. The van der Waals surface area contributed by atoms with Gasteiger partial charge in [-0.3, -0.25) is 14.5 Å². The number of thiophene rings is 1. The Morgan fingerprint density at radius 1 is 1.28 bits per heavy atom. The highest BCUT2D eigenvalue weighted by atomic mass is 35.5. The van der Waals surface area contributed by atoms with Gasteiger partial charge in [-0.05, 0) is 53.4 Å². The summed E-state index contributed by atoms with van der Waals surface area (Å²) in [4.78, 5) is 27.5. The fraction of sp³-hybridized carbons (Fsp3) is 0.176. The van der Waals surface area contributed by atoms with E-state index in [1.54, 1.807) is 18.2 Å². The number of rotatable bonds is 3. The number of thioether (sulfide) groups is 1. The Balaban J connectivity index is 1.60. The van der Waals surface area contributed by atoms with Crippen molar-refractivity contribution >= 4 is 51.9 Å². The van der Waals surface area contributed by atoms with Crippen LogP contribution in [-0.2, 0) is 11.3 Å². The van der Waals surface area contributed by atoms with E-state index in [2.05, 4.69) is 0 Å². The molecule has 25 heavy (non-hydrogen) atoms. The predicted molar refractivity (Wildman–Crippen MR) is 98.1 cm³/mol. The number of carbonyl (C=O) groups excluding carboxylic acids is 2. The largest absolute Gasteiger partial charge is 0.454 e. The molecule has 0 unspecified atom stereocenters. The van der Waals surface area contributed by atoms with Gasteiger partial charge in [0.2, 0.25) is 6.79 Å². The van der Waals surface area contributed by atoms with Gasteiger partial charge in [-0.25, -0.2) is 0 Å². The quantitative estimate of drug-likeness (QED) is 0.709. The molecule has 0 radical (unpaired) electrons. The number of imide groups is 1. The monoisotopic (exact) mass is 393 g/mol. The number of halogens is 1. The summed E-state index contributed by atoms with van der Waals surface area (Å²) in [5.41, 5.74) is 1.72. The van der Waals surface area contributed by atoms with E-state index in [0.717, 1.165) is 22.2 Å². The lowest BCUT2D eigenvalue weighted by Gasteiger charge is -2.14. The first-order chi connectivity index (χ1) is 12.0. The fourth-order valence-corrected chi connectivity index (χ4v) is 4.51. The summed E-state index contributed by atoms with van der Waals surface area (Å²) in [5, 5.41) is 2.08. The highest BCUT2D eigenvalue weighted by molar-refractivity contribution is 8.18. The lowest BCUT2D eigenvalue weighted by atomic mass is 10.2. The predicted octanol–water partition coefficient (Wildman–Crippen LogP) is 4.68. The number of aryl methyl sites for hydroxylation is 1. The van der Waals surface area contributed by atoms with Crippen LogP contribution in [0.4, 0.5) is 4.79 Å². The summed E-state index contributed by atoms with van der Waals surface area (Å²) in [6, 6.07) is 5.33. The molecule has 1 aromatic carbocycles. The van der Waals surface area contributed by atoms with E-state index in [0.29, 0.717) is 27.0 Å². The molecule has 3 heterocycles. The number of amides is 2. The van der Waals surface area contributed by atoms with Crippen LogP contribution >= 0.6 is 34.7 Å². The molecule has 2 aliphatic heterocycles. The molecule has 5 nitrogen and oxygen atoms in total. The van der Waals surface area contributed by atoms with Crippen LogP contribution in [0.15, 0.2) is 28.5 Å². The second kappa shape index (κ2) is 6.40. The second-order valence-electron chi connectivity index (χ2n) is 5.53. The molecule has 1 aromatic heterocycles. The average Bonchev–Trinajstić information content (AvgIpc) is 3.25. The van der Waals surface area contributed by atoms with Crippen molar-refractivity contribution in [1.29, 1.82) is 0 Å². The molecular formula is C17H12ClNO4S2. The highest BCUT2D eigenvalue weighted by Crippen LogP contribution is 2.39. The van der Waals surface area contributed by atoms with Crippen molar-refractivity contribution in [3.8, 4) is 11.5 Å². The summed E-state index contributed by atoms with van der Waals surface area (Å²) >= 11 is 8.73. The van der Waals surface area contributed by atoms with Gasteiger partial charge in [-0.2, -0.15) is 0 Å². The molecule has 4 rings (SSSR count). The van der Waals surface area contributed by atoms with Gasteiger partial charge in [0, 0.05) is 16.0 Å². The number of fused-ring (bicyclic) bond motifs is 1. The molecule has 0 aliphatic carbocycles. The van der Waals surface area contributed by atoms with Gasteiger partial charge in [-0.15, -0.1) is 11.3 Å². The van der Waals surface area contributed by atoms with Gasteiger partial charge in [0.15, 0.2) is 11.5 Å². The maximum atomic E-state index is 12.6. The summed E-state index contributed by atoms with van der Waals surface area (Å²) in [7, 11) is 0. The number of benzene rings is 1. The van der Waals surface area contributed by atoms with Crippen LogP contribution in [-0.4, -0.2) is 22.8 Å². The third kappa shape index (κ3) is 3.03. The Bertz CT molecular complexity index is 921. The number of nitrogens with zero attached hydrogens (tertiary/aromatic N) is 1. The Kier molecular flexibility index (Phi) is 4.23. The van der Waals surface area contributed by atoms with Crippen LogP contribution in [0.5, 0.6) is 11.5 Å². The molecule has 0 bridgehead atoms. The number of hydrogen-bond acceptors (Lipinski definition) is 6. The lowest BCUT2D eigenvalue weighted by Crippen LogP contribution is -2.27. The van der Waals surface area contributed by atoms with E-state index in [1.807, 2.05) is 18.4 Å². The molecule has 0 saturated carbocycles. The summed E-state index contributed by atoms with van der Waals surface area (Å²) < 4.78 is 10.6. The number of hydrogen-bond donors (Lipinski definition) is 0. The molecule has 0 spiro atoms. The molecule has 0 N–H and O–H groups in total. The van der Waals surface area contributed by atoms with Gasteiger partial charge in [-0.1, -0.05) is 11.6 Å². The van der Waals surface area contributed by atoms with Crippen LogP contribution in [0, 0.1) is 6.92 Å². The minimum Gasteiger partial charge on any atom is -0.454 e. The number of carbonyl (C=O) groups is 2. The van der Waals surface area contributed by atoms with E-state index in [4.69, 9.17) is 21.1 Å². The van der Waals surface area contributed by atoms with Crippen molar-refractivity contribution in [3.05, 3.63) is 49.5 Å². The van der Waals surface area contributed by atoms with E-state index >= 15 is 0 Å². The van der Waals surface area contributed by atoms with Crippen molar-refractivity contribution in [2.45, 2.75) is 13.5 Å². The van der Waals surface area contributed by atoms with Crippen LogP contribution < -0.4 is 9.47 Å². The Labute approximate surface area is 157 Å². The average molecular weight is 394 g/mol. The van der Waals surface area contributed by atoms with Gasteiger partial charge >= 0.3 is 0 Å².